The molecule has 0 aromatic rings. The van der Waals surface area contributed by atoms with Crippen molar-refractivity contribution in [3.8, 4) is 0 Å². The van der Waals surface area contributed by atoms with Crippen LogP contribution in [0.25, 0.3) is 0 Å². The van der Waals surface area contributed by atoms with E-state index >= 15 is 0 Å². The molecule has 2 nitrogen and oxygen atoms in total. The molecular weight excluding hydrogens is 186 g/mol. The van der Waals surface area contributed by atoms with Gasteiger partial charge in [-0.05, 0) is 51.0 Å². The minimum absolute atomic E-state index is 0.315. The third-order valence-corrected chi connectivity index (χ3v) is 4.28. The molecule has 2 rings (SSSR count). The molecule has 15 heavy (non-hydrogen) atoms. The standard InChI is InChI=1S/C13H23NO/c1-10(15)5-6-14(2)9-13-8-11-3-4-12(13)7-11/h11-13H,3-9H2,1-2H3. The van der Waals surface area contributed by atoms with Crippen molar-refractivity contribution in [3.05, 3.63) is 0 Å². The van der Waals surface area contributed by atoms with Crippen LogP contribution in [0, 0.1) is 17.8 Å². The summed E-state index contributed by atoms with van der Waals surface area (Å²) in [5, 5.41) is 0. The Morgan fingerprint density at radius 2 is 2.13 bits per heavy atom. The van der Waals surface area contributed by atoms with Crippen LogP contribution in [0.2, 0.25) is 0 Å². The number of fused-ring (bicyclic) bond motifs is 2. The number of ketones is 1. The lowest BCUT2D eigenvalue weighted by molar-refractivity contribution is -0.117. The molecular formula is C13H23NO. The van der Waals surface area contributed by atoms with Crippen molar-refractivity contribution < 1.29 is 4.79 Å². The van der Waals surface area contributed by atoms with Crippen molar-refractivity contribution >= 4 is 5.78 Å². The van der Waals surface area contributed by atoms with Gasteiger partial charge in [0, 0.05) is 19.5 Å². The first-order chi connectivity index (χ1) is 7.15. The van der Waals surface area contributed by atoms with Gasteiger partial charge in [0.2, 0.25) is 0 Å². The van der Waals surface area contributed by atoms with E-state index in [1.54, 1.807) is 6.92 Å². The lowest BCUT2D eigenvalue weighted by atomic mass is 9.88. The molecule has 2 aliphatic carbocycles. The molecule has 2 bridgehead atoms. The minimum atomic E-state index is 0.315. The van der Waals surface area contributed by atoms with Crippen LogP contribution in [0.5, 0.6) is 0 Å². The summed E-state index contributed by atoms with van der Waals surface area (Å²) >= 11 is 0. The normalized spacial score (nSPS) is 33.9. The molecule has 2 saturated carbocycles. The van der Waals surface area contributed by atoms with Crippen LogP contribution in [-0.4, -0.2) is 30.8 Å². The topological polar surface area (TPSA) is 20.3 Å². The molecule has 0 heterocycles. The highest BCUT2D eigenvalue weighted by Gasteiger charge is 2.39. The second-order valence-corrected chi connectivity index (χ2v) is 5.65. The van der Waals surface area contributed by atoms with Gasteiger partial charge >= 0.3 is 0 Å². The minimum Gasteiger partial charge on any atom is -0.306 e. The predicted molar refractivity (Wildman–Crippen MR) is 61.7 cm³/mol. The van der Waals surface area contributed by atoms with Crippen LogP contribution >= 0.6 is 0 Å². The van der Waals surface area contributed by atoms with E-state index in [-0.39, 0.29) is 0 Å². The average Bonchev–Trinajstić information content (AvgIpc) is 2.76. The van der Waals surface area contributed by atoms with Crippen LogP contribution in [0.4, 0.5) is 0 Å². The van der Waals surface area contributed by atoms with Crippen LogP contribution in [0.3, 0.4) is 0 Å². The van der Waals surface area contributed by atoms with Crippen LogP contribution < -0.4 is 0 Å². The Kier molecular flexibility index (Phi) is 3.45. The molecule has 0 N–H and O–H groups in total. The van der Waals surface area contributed by atoms with Crippen molar-refractivity contribution in [1.29, 1.82) is 0 Å². The lowest BCUT2D eigenvalue weighted by Crippen LogP contribution is -2.30. The first kappa shape index (κ1) is 11.1. The molecule has 2 fully saturated rings. The maximum atomic E-state index is 10.9. The van der Waals surface area contributed by atoms with Crippen molar-refractivity contribution in [3.63, 3.8) is 0 Å². The second kappa shape index (κ2) is 4.65. The first-order valence-electron chi connectivity index (χ1n) is 6.33. The molecule has 0 spiro atoms. The Hall–Kier alpha value is -0.370. The predicted octanol–water partition coefficient (Wildman–Crippen LogP) is 2.33. The van der Waals surface area contributed by atoms with E-state index in [0.29, 0.717) is 5.78 Å². The lowest BCUT2D eigenvalue weighted by Gasteiger charge is -2.26. The monoisotopic (exact) mass is 209 g/mol. The Labute approximate surface area is 93.0 Å². The van der Waals surface area contributed by atoms with Crippen molar-refractivity contribution in [1.82, 2.24) is 4.90 Å². The molecule has 0 amide bonds. The number of carbonyl (C=O) groups excluding carboxylic acids is 1. The van der Waals surface area contributed by atoms with Gasteiger partial charge in [0.05, 0.1) is 0 Å². The smallest absolute Gasteiger partial charge is 0.131 e. The quantitative estimate of drug-likeness (QED) is 0.692. The van der Waals surface area contributed by atoms with Gasteiger partial charge in [0.15, 0.2) is 0 Å². The van der Waals surface area contributed by atoms with Gasteiger partial charge in [-0.3, -0.25) is 4.79 Å². The first-order valence-corrected chi connectivity index (χ1v) is 6.33. The maximum absolute atomic E-state index is 10.9. The maximum Gasteiger partial charge on any atom is 0.131 e. The van der Waals surface area contributed by atoms with Gasteiger partial charge in [0.25, 0.3) is 0 Å². The molecule has 0 aliphatic heterocycles. The highest BCUT2D eigenvalue weighted by Crippen LogP contribution is 2.48. The van der Waals surface area contributed by atoms with E-state index < -0.39 is 0 Å². The fourth-order valence-corrected chi connectivity index (χ4v) is 3.44. The highest BCUT2D eigenvalue weighted by atomic mass is 16.1. The number of hydrogen-bond donors (Lipinski definition) is 0. The van der Waals surface area contributed by atoms with E-state index in [2.05, 4.69) is 11.9 Å². The summed E-state index contributed by atoms with van der Waals surface area (Å²) in [5.41, 5.74) is 0. The van der Waals surface area contributed by atoms with Crippen LogP contribution in [0.15, 0.2) is 0 Å². The SMILES string of the molecule is CC(=O)CCN(C)CC1CC2CCC1C2. The van der Waals surface area contributed by atoms with E-state index in [1.165, 1.54) is 32.2 Å². The molecule has 0 saturated heterocycles. The Bertz CT molecular complexity index is 239. The van der Waals surface area contributed by atoms with Crippen molar-refractivity contribution in [2.45, 2.75) is 39.0 Å². The average molecular weight is 209 g/mol. The molecule has 0 aromatic carbocycles. The van der Waals surface area contributed by atoms with E-state index in [9.17, 15) is 4.79 Å². The molecule has 2 aliphatic rings. The van der Waals surface area contributed by atoms with Gasteiger partial charge in [-0.2, -0.15) is 0 Å². The van der Waals surface area contributed by atoms with Crippen LogP contribution in [0.1, 0.15) is 39.0 Å². The molecule has 3 atom stereocenters. The number of rotatable bonds is 5. The Morgan fingerprint density at radius 3 is 2.67 bits per heavy atom. The van der Waals surface area contributed by atoms with Gasteiger partial charge in [0.1, 0.15) is 5.78 Å². The number of hydrogen-bond acceptors (Lipinski definition) is 2. The molecule has 0 radical (unpaired) electrons. The second-order valence-electron chi connectivity index (χ2n) is 5.65. The molecule has 2 heteroatoms. The summed E-state index contributed by atoms with van der Waals surface area (Å²) < 4.78 is 0. The number of nitrogens with zero attached hydrogens (tertiary/aromatic N) is 1. The fourth-order valence-electron chi connectivity index (χ4n) is 3.44. The highest BCUT2D eigenvalue weighted by molar-refractivity contribution is 5.75. The zero-order chi connectivity index (χ0) is 10.8. The largest absolute Gasteiger partial charge is 0.306 e. The van der Waals surface area contributed by atoms with E-state index in [4.69, 9.17) is 0 Å². The summed E-state index contributed by atoms with van der Waals surface area (Å²) in [4.78, 5) is 13.2. The van der Waals surface area contributed by atoms with Crippen molar-refractivity contribution in [2.75, 3.05) is 20.1 Å². The summed E-state index contributed by atoms with van der Waals surface area (Å²) in [6, 6.07) is 0. The number of carbonyl (C=O) groups is 1. The Balaban J connectivity index is 1.70. The zero-order valence-corrected chi connectivity index (χ0v) is 10.0. The molecule has 3 unspecified atom stereocenters. The van der Waals surface area contributed by atoms with E-state index in [1.807, 2.05) is 0 Å². The van der Waals surface area contributed by atoms with Gasteiger partial charge in [-0.1, -0.05) is 6.42 Å². The summed E-state index contributed by atoms with van der Waals surface area (Å²) in [5.74, 6) is 3.30. The summed E-state index contributed by atoms with van der Waals surface area (Å²) in [6.45, 7) is 3.85. The third-order valence-electron chi connectivity index (χ3n) is 4.28. The van der Waals surface area contributed by atoms with Gasteiger partial charge in [-0.15, -0.1) is 0 Å². The Morgan fingerprint density at radius 1 is 1.33 bits per heavy atom. The van der Waals surface area contributed by atoms with Crippen LogP contribution in [-0.2, 0) is 4.79 Å². The fraction of sp³-hybridized carbons (Fsp3) is 0.923. The summed E-state index contributed by atoms with van der Waals surface area (Å²) in [7, 11) is 2.16. The van der Waals surface area contributed by atoms with Gasteiger partial charge in [-0.25, -0.2) is 0 Å². The molecule has 0 aromatic heterocycles. The third kappa shape index (κ3) is 2.81. The number of Topliss-reactive ketones (excluding diaryl/α,β-unsaturated/α-hetero) is 1. The molecule has 86 valence electrons. The van der Waals surface area contributed by atoms with Crippen molar-refractivity contribution in [2.24, 2.45) is 17.8 Å². The van der Waals surface area contributed by atoms with E-state index in [0.717, 1.165) is 30.7 Å². The van der Waals surface area contributed by atoms with Gasteiger partial charge < -0.3 is 4.90 Å². The zero-order valence-electron chi connectivity index (χ0n) is 10.0. The summed E-state index contributed by atoms with van der Waals surface area (Å²) in [6.07, 6.45) is 6.62.